The number of hydrogen-bond donors (Lipinski definition) is 2. The Morgan fingerprint density at radius 2 is 1.81 bits per heavy atom. The van der Waals surface area contributed by atoms with Crippen LogP contribution in [0.25, 0.3) is 0 Å². The Bertz CT molecular complexity index is 243. The van der Waals surface area contributed by atoms with Crippen molar-refractivity contribution in [2.45, 2.75) is 44.1 Å². The predicted octanol–water partition coefficient (Wildman–Crippen LogP) is 0.470. The van der Waals surface area contributed by atoms with Gasteiger partial charge in [-0.3, -0.25) is 4.79 Å². The summed E-state index contributed by atoms with van der Waals surface area (Å²) in [4.78, 5) is 14.0. The summed E-state index contributed by atoms with van der Waals surface area (Å²) in [6.45, 7) is 3.52. The Morgan fingerprint density at radius 3 is 2.44 bits per heavy atom. The van der Waals surface area contributed by atoms with E-state index in [1.165, 1.54) is 19.3 Å². The molecule has 0 aromatic heterocycles. The average Bonchev–Trinajstić information content (AvgIpc) is 2.30. The van der Waals surface area contributed by atoms with Crippen LogP contribution in [0.3, 0.4) is 0 Å². The van der Waals surface area contributed by atoms with E-state index in [1.807, 2.05) is 4.90 Å². The third-order valence-electron chi connectivity index (χ3n) is 3.82. The lowest BCUT2D eigenvalue weighted by atomic mass is 9.80. The lowest BCUT2D eigenvalue weighted by molar-refractivity contribution is -0.133. The highest BCUT2D eigenvalue weighted by molar-refractivity contribution is 5.77. The van der Waals surface area contributed by atoms with E-state index >= 15 is 0 Å². The predicted molar refractivity (Wildman–Crippen MR) is 64.1 cm³/mol. The molecule has 3 N–H and O–H groups in total. The van der Waals surface area contributed by atoms with Crippen LogP contribution in [0.4, 0.5) is 0 Å². The summed E-state index contributed by atoms with van der Waals surface area (Å²) in [5.74, 6) is 0.255. The van der Waals surface area contributed by atoms with Gasteiger partial charge in [0, 0.05) is 38.1 Å². The highest BCUT2D eigenvalue weighted by atomic mass is 16.2. The molecule has 1 amide bonds. The number of rotatable bonds is 2. The number of amides is 1. The summed E-state index contributed by atoms with van der Waals surface area (Å²) in [6.07, 6.45) is 6.24. The highest BCUT2D eigenvalue weighted by Crippen LogP contribution is 2.29. The zero-order valence-electron chi connectivity index (χ0n) is 10.0. The van der Waals surface area contributed by atoms with Gasteiger partial charge in [0.05, 0.1) is 0 Å². The van der Waals surface area contributed by atoms with Gasteiger partial charge in [0.25, 0.3) is 0 Å². The van der Waals surface area contributed by atoms with E-state index in [-0.39, 0.29) is 11.4 Å². The lowest BCUT2D eigenvalue weighted by Gasteiger charge is -2.36. The second-order valence-corrected chi connectivity index (χ2v) is 5.23. The van der Waals surface area contributed by atoms with Gasteiger partial charge in [-0.2, -0.15) is 0 Å². The molecule has 1 heterocycles. The topological polar surface area (TPSA) is 58.4 Å². The summed E-state index contributed by atoms with van der Waals surface area (Å²) in [6, 6.07) is 0. The molecule has 1 saturated heterocycles. The Labute approximate surface area is 97.6 Å². The largest absolute Gasteiger partial charge is 0.340 e. The van der Waals surface area contributed by atoms with E-state index in [2.05, 4.69) is 5.32 Å². The molecule has 92 valence electrons. The summed E-state index contributed by atoms with van der Waals surface area (Å²) < 4.78 is 0. The number of nitrogens with two attached hydrogens (primary N) is 1. The van der Waals surface area contributed by atoms with E-state index in [4.69, 9.17) is 5.73 Å². The van der Waals surface area contributed by atoms with Gasteiger partial charge in [-0.25, -0.2) is 0 Å². The summed E-state index contributed by atoms with van der Waals surface area (Å²) in [5.41, 5.74) is 6.10. The molecule has 0 aromatic rings. The van der Waals surface area contributed by atoms with E-state index in [0.717, 1.165) is 39.0 Å². The number of piperazine rings is 1. The fourth-order valence-corrected chi connectivity index (χ4v) is 2.76. The Kier molecular flexibility index (Phi) is 3.82. The van der Waals surface area contributed by atoms with Crippen LogP contribution in [0, 0.1) is 0 Å². The Morgan fingerprint density at radius 1 is 1.19 bits per heavy atom. The fraction of sp³-hybridized carbons (Fsp3) is 0.917. The molecule has 1 aliphatic carbocycles. The fourth-order valence-electron chi connectivity index (χ4n) is 2.76. The molecule has 0 spiro atoms. The van der Waals surface area contributed by atoms with Crippen LogP contribution in [0.15, 0.2) is 0 Å². The minimum Gasteiger partial charge on any atom is -0.340 e. The number of nitrogens with one attached hydrogen (secondary N) is 1. The van der Waals surface area contributed by atoms with E-state index in [1.54, 1.807) is 0 Å². The van der Waals surface area contributed by atoms with Crippen molar-refractivity contribution < 1.29 is 4.79 Å². The van der Waals surface area contributed by atoms with E-state index in [0.29, 0.717) is 6.42 Å². The smallest absolute Gasteiger partial charge is 0.224 e. The molecule has 4 nitrogen and oxygen atoms in total. The third-order valence-corrected chi connectivity index (χ3v) is 3.82. The Balaban J connectivity index is 1.85. The van der Waals surface area contributed by atoms with E-state index < -0.39 is 0 Å². The first-order chi connectivity index (χ1) is 7.70. The molecular weight excluding hydrogens is 202 g/mol. The van der Waals surface area contributed by atoms with Crippen LogP contribution in [0.5, 0.6) is 0 Å². The zero-order valence-corrected chi connectivity index (χ0v) is 10.0. The maximum atomic E-state index is 12.1. The molecule has 2 aliphatic rings. The van der Waals surface area contributed by atoms with E-state index in [9.17, 15) is 4.79 Å². The zero-order chi connectivity index (χ0) is 11.4. The van der Waals surface area contributed by atoms with Gasteiger partial charge in [-0.05, 0) is 12.8 Å². The van der Waals surface area contributed by atoms with Gasteiger partial charge in [0.15, 0.2) is 0 Å². The standard InChI is InChI=1S/C12H23N3O/c13-12(4-2-1-3-5-12)10-11(16)15-8-6-14-7-9-15/h14H,1-10,13H2. The van der Waals surface area contributed by atoms with Gasteiger partial charge in [0.1, 0.15) is 0 Å². The van der Waals surface area contributed by atoms with Crippen LogP contribution < -0.4 is 11.1 Å². The number of hydrogen-bond acceptors (Lipinski definition) is 3. The molecule has 4 heteroatoms. The van der Waals surface area contributed by atoms with Crippen LogP contribution in [0.1, 0.15) is 38.5 Å². The highest BCUT2D eigenvalue weighted by Gasteiger charge is 2.31. The van der Waals surface area contributed by atoms with Crippen molar-refractivity contribution in [3.63, 3.8) is 0 Å². The van der Waals surface area contributed by atoms with Crippen molar-refractivity contribution >= 4 is 5.91 Å². The van der Waals surface area contributed by atoms with Gasteiger partial charge >= 0.3 is 0 Å². The summed E-state index contributed by atoms with van der Waals surface area (Å²) >= 11 is 0. The number of nitrogens with zero attached hydrogens (tertiary/aromatic N) is 1. The van der Waals surface area contributed by atoms with Crippen LogP contribution in [-0.2, 0) is 4.79 Å². The van der Waals surface area contributed by atoms with Gasteiger partial charge in [0.2, 0.25) is 5.91 Å². The second-order valence-electron chi connectivity index (χ2n) is 5.23. The monoisotopic (exact) mass is 225 g/mol. The normalized spacial score (nSPS) is 25.4. The van der Waals surface area contributed by atoms with Gasteiger partial charge in [-0.1, -0.05) is 19.3 Å². The summed E-state index contributed by atoms with van der Waals surface area (Å²) in [5, 5.41) is 3.26. The molecular formula is C12H23N3O. The number of carbonyl (C=O) groups is 1. The molecule has 0 aromatic carbocycles. The first-order valence-electron chi connectivity index (χ1n) is 6.47. The lowest BCUT2D eigenvalue weighted by Crippen LogP contribution is -2.51. The summed E-state index contributed by atoms with van der Waals surface area (Å²) in [7, 11) is 0. The van der Waals surface area contributed by atoms with Crippen molar-refractivity contribution in [1.82, 2.24) is 10.2 Å². The second kappa shape index (κ2) is 5.15. The van der Waals surface area contributed by atoms with Crippen LogP contribution >= 0.6 is 0 Å². The SMILES string of the molecule is NC1(CC(=O)N2CCNCC2)CCCCC1. The molecule has 2 rings (SSSR count). The van der Waals surface area contributed by atoms with Crippen LogP contribution in [-0.4, -0.2) is 42.5 Å². The van der Waals surface area contributed by atoms with Crippen molar-refractivity contribution in [1.29, 1.82) is 0 Å². The molecule has 0 radical (unpaired) electrons. The minimum atomic E-state index is -0.208. The first-order valence-corrected chi connectivity index (χ1v) is 6.47. The third kappa shape index (κ3) is 2.95. The molecule has 0 bridgehead atoms. The van der Waals surface area contributed by atoms with Gasteiger partial charge < -0.3 is 16.0 Å². The average molecular weight is 225 g/mol. The van der Waals surface area contributed by atoms with Gasteiger partial charge in [-0.15, -0.1) is 0 Å². The molecule has 0 unspecified atom stereocenters. The molecule has 0 atom stereocenters. The quantitative estimate of drug-likeness (QED) is 0.718. The molecule has 2 fully saturated rings. The molecule has 1 saturated carbocycles. The van der Waals surface area contributed by atoms with Crippen molar-refractivity contribution in [3.05, 3.63) is 0 Å². The van der Waals surface area contributed by atoms with Crippen LogP contribution in [0.2, 0.25) is 0 Å². The molecule has 16 heavy (non-hydrogen) atoms. The minimum absolute atomic E-state index is 0.208. The van der Waals surface area contributed by atoms with Crippen molar-refractivity contribution in [2.75, 3.05) is 26.2 Å². The van der Waals surface area contributed by atoms with Crippen molar-refractivity contribution in [3.8, 4) is 0 Å². The number of carbonyl (C=O) groups excluding carboxylic acids is 1. The molecule has 1 aliphatic heterocycles. The Hall–Kier alpha value is -0.610. The van der Waals surface area contributed by atoms with Crippen molar-refractivity contribution in [2.24, 2.45) is 5.73 Å². The maximum absolute atomic E-state index is 12.1. The first kappa shape index (κ1) is 11.9. The maximum Gasteiger partial charge on any atom is 0.224 e.